The number of rotatable bonds is 2. The monoisotopic (exact) mass is 226 g/mol. The molecule has 1 heterocycles. The molecule has 1 aromatic carbocycles. The van der Waals surface area contributed by atoms with Crippen LogP contribution in [-0.2, 0) is 0 Å². The minimum absolute atomic E-state index is 0.143. The molecular formula is C15H18N2. The van der Waals surface area contributed by atoms with Gasteiger partial charge in [-0.3, -0.25) is 4.98 Å². The Hall–Kier alpha value is -1.67. The van der Waals surface area contributed by atoms with Crippen molar-refractivity contribution in [2.75, 3.05) is 0 Å². The highest BCUT2D eigenvalue weighted by Gasteiger charge is 2.15. The van der Waals surface area contributed by atoms with Crippen molar-refractivity contribution in [3.8, 4) is 0 Å². The van der Waals surface area contributed by atoms with Gasteiger partial charge in [-0.05, 0) is 49.1 Å². The number of pyridine rings is 1. The third kappa shape index (κ3) is 2.22. The van der Waals surface area contributed by atoms with Gasteiger partial charge in [0.25, 0.3) is 0 Å². The highest BCUT2D eigenvalue weighted by molar-refractivity contribution is 5.40. The van der Waals surface area contributed by atoms with Gasteiger partial charge in [-0.1, -0.05) is 24.3 Å². The summed E-state index contributed by atoms with van der Waals surface area (Å²) in [6.45, 7) is 6.27. The van der Waals surface area contributed by atoms with Crippen molar-refractivity contribution >= 4 is 0 Å². The maximum atomic E-state index is 6.32. The normalized spacial score (nSPS) is 12.5. The van der Waals surface area contributed by atoms with E-state index in [0.29, 0.717) is 0 Å². The molecule has 2 aromatic rings. The minimum Gasteiger partial charge on any atom is -0.319 e. The molecule has 17 heavy (non-hydrogen) atoms. The molecule has 1 atom stereocenters. The number of aryl methyl sites for hydroxylation is 2. The molecule has 2 N–H and O–H groups in total. The first-order chi connectivity index (χ1) is 8.11. The van der Waals surface area contributed by atoms with Crippen LogP contribution >= 0.6 is 0 Å². The second kappa shape index (κ2) is 4.68. The molecule has 1 aromatic heterocycles. The molecule has 0 aliphatic carbocycles. The zero-order chi connectivity index (χ0) is 12.4. The average Bonchev–Trinajstić information content (AvgIpc) is 2.32. The van der Waals surface area contributed by atoms with Crippen molar-refractivity contribution in [3.63, 3.8) is 0 Å². The van der Waals surface area contributed by atoms with Crippen LogP contribution in [0.25, 0.3) is 0 Å². The van der Waals surface area contributed by atoms with Crippen molar-refractivity contribution in [2.24, 2.45) is 5.73 Å². The lowest BCUT2D eigenvalue weighted by Gasteiger charge is -2.17. The molecule has 88 valence electrons. The molecule has 0 amide bonds. The molecule has 0 radical (unpaired) electrons. The van der Waals surface area contributed by atoms with Gasteiger partial charge < -0.3 is 5.73 Å². The summed E-state index contributed by atoms with van der Waals surface area (Å²) in [6.07, 6.45) is 1.80. The molecule has 0 aliphatic rings. The summed E-state index contributed by atoms with van der Waals surface area (Å²) >= 11 is 0. The lowest BCUT2D eigenvalue weighted by atomic mass is 9.94. The molecule has 1 unspecified atom stereocenters. The second-order valence-corrected chi connectivity index (χ2v) is 4.47. The third-order valence-corrected chi connectivity index (χ3v) is 3.33. The van der Waals surface area contributed by atoms with Crippen LogP contribution in [0, 0.1) is 20.8 Å². The van der Waals surface area contributed by atoms with Gasteiger partial charge in [0.15, 0.2) is 0 Å². The molecule has 2 rings (SSSR count). The summed E-state index contributed by atoms with van der Waals surface area (Å²) < 4.78 is 0. The van der Waals surface area contributed by atoms with E-state index in [4.69, 9.17) is 5.73 Å². The van der Waals surface area contributed by atoms with Crippen molar-refractivity contribution in [1.82, 2.24) is 4.98 Å². The maximum Gasteiger partial charge on any atom is 0.0731 e. The number of hydrogen-bond acceptors (Lipinski definition) is 2. The molecule has 0 fully saturated rings. The zero-order valence-corrected chi connectivity index (χ0v) is 10.6. The van der Waals surface area contributed by atoms with Gasteiger partial charge in [-0.15, -0.1) is 0 Å². The van der Waals surface area contributed by atoms with E-state index in [1.807, 2.05) is 19.1 Å². The van der Waals surface area contributed by atoms with E-state index in [1.54, 1.807) is 6.20 Å². The van der Waals surface area contributed by atoms with Crippen LogP contribution in [0.15, 0.2) is 36.5 Å². The van der Waals surface area contributed by atoms with Crippen molar-refractivity contribution in [1.29, 1.82) is 0 Å². The SMILES string of the molecule is Cc1cccnc1C(N)c1cccc(C)c1C. The second-order valence-electron chi connectivity index (χ2n) is 4.47. The molecule has 0 saturated carbocycles. The Morgan fingerprint density at radius 1 is 1.00 bits per heavy atom. The number of nitrogens with two attached hydrogens (primary N) is 1. The Bertz CT molecular complexity index is 532. The van der Waals surface area contributed by atoms with Crippen molar-refractivity contribution in [3.05, 3.63) is 64.5 Å². The first-order valence-corrected chi connectivity index (χ1v) is 5.84. The number of benzene rings is 1. The molecule has 0 saturated heterocycles. The Morgan fingerprint density at radius 3 is 2.41 bits per heavy atom. The Kier molecular flexibility index (Phi) is 3.25. The zero-order valence-electron chi connectivity index (χ0n) is 10.6. The first kappa shape index (κ1) is 11.8. The Balaban J connectivity index is 2.48. The van der Waals surface area contributed by atoms with Gasteiger partial charge in [0.1, 0.15) is 0 Å². The quantitative estimate of drug-likeness (QED) is 0.854. The van der Waals surface area contributed by atoms with Crippen LogP contribution in [0.1, 0.15) is 34.0 Å². The molecule has 0 spiro atoms. The summed E-state index contributed by atoms with van der Waals surface area (Å²) in [7, 11) is 0. The van der Waals surface area contributed by atoms with Crippen LogP contribution in [0.5, 0.6) is 0 Å². The van der Waals surface area contributed by atoms with Crippen LogP contribution in [-0.4, -0.2) is 4.98 Å². The lowest BCUT2D eigenvalue weighted by Crippen LogP contribution is -2.16. The molecule has 0 aliphatic heterocycles. The van der Waals surface area contributed by atoms with Gasteiger partial charge in [-0.25, -0.2) is 0 Å². The van der Waals surface area contributed by atoms with Gasteiger partial charge >= 0.3 is 0 Å². The van der Waals surface area contributed by atoms with Crippen LogP contribution in [0.2, 0.25) is 0 Å². The maximum absolute atomic E-state index is 6.32. The predicted octanol–water partition coefficient (Wildman–Crippen LogP) is 3.05. The highest BCUT2D eigenvalue weighted by atomic mass is 14.8. The van der Waals surface area contributed by atoms with Crippen LogP contribution in [0.4, 0.5) is 0 Å². The van der Waals surface area contributed by atoms with E-state index in [1.165, 1.54) is 11.1 Å². The van der Waals surface area contributed by atoms with Crippen LogP contribution in [0.3, 0.4) is 0 Å². The summed E-state index contributed by atoms with van der Waals surface area (Å²) in [5.41, 5.74) is 12.1. The van der Waals surface area contributed by atoms with Gasteiger partial charge in [-0.2, -0.15) is 0 Å². The lowest BCUT2D eigenvalue weighted by molar-refractivity contribution is 0.809. The fraction of sp³-hybridized carbons (Fsp3) is 0.267. The predicted molar refractivity (Wildman–Crippen MR) is 70.9 cm³/mol. The number of aromatic nitrogens is 1. The standard InChI is InChI=1S/C15H18N2/c1-10-6-4-8-13(12(10)3)14(16)15-11(2)7-5-9-17-15/h4-9,14H,16H2,1-3H3. The van der Waals surface area contributed by atoms with E-state index < -0.39 is 0 Å². The van der Waals surface area contributed by atoms with E-state index in [9.17, 15) is 0 Å². The Morgan fingerprint density at radius 2 is 1.71 bits per heavy atom. The molecule has 2 heteroatoms. The largest absolute Gasteiger partial charge is 0.319 e. The van der Waals surface area contributed by atoms with E-state index in [0.717, 1.165) is 16.8 Å². The smallest absolute Gasteiger partial charge is 0.0731 e. The van der Waals surface area contributed by atoms with Gasteiger partial charge in [0.05, 0.1) is 11.7 Å². The van der Waals surface area contributed by atoms with Gasteiger partial charge in [0.2, 0.25) is 0 Å². The minimum atomic E-state index is -0.143. The molecular weight excluding hydrogens is 208 g/mol. The van der Waals surface area contributed by atoms with E-state index >= 15 is 0 Å². The van der Waals surface area contributed by atoms with Crippen LogP contribution < -0.4 is 5.73 Å². The fourth-order valence-corrected chi connectivity index (χ4v) is 2.08. The highest BCUT2D eigenvalue weighted by Crippen LogP contribution is 2.24. The summed E-state index contributed by atoms with van der Waals surface area (Å²) in [6, 6.07) is 10.1. The first-order valence-electron chi connectivity index (χ1n) is 5.84. The summed E-state index contributed by atoms with van der Waals surface area (Å²) in [4.78, 5) is 4.40. The summed E-state index contributed by atoms with van der Waals surface area (Å²) in [5.74, 6) is 0. The summed E-state index contributed by atoms with van der Waals surface area (Å²) in [5, 5.41) is 0. The number of hydrogen-bond donors (Lipinski definition) is 1. The van der Waals surface area contributed by atoms with Gasteiger partial charge in [0, 0.05) is 6.20 Å². The van der Waals surface area contributed by atoms with E-state index in [2.05, 4.69) is 37.0 Å². The van der Waals surface area contributed by atoms with Crippen molar-refractivity contribution in [2.45, 2.75) is 26.8 Å². The third-order valence-electron chi connectivity index (χ3n) is 3.33. The fourth-order valence-electron chi connectivity index (χ4n) is 2.08. The molecule has 2 nitrogen and oxygen atoms in total. The molecule has 0 bridgehead atoms. The van der Waals surface area contributed by atoms with E-state index in [-0.39, 0.29) is 6.04 Å². The number of nitrogens with zero attached hydrogens (tertiary/aromatic N) is 1. The Labute approximate surface area is 103 Å². The van der Waals surface area contributed by atoms with Crippen molar-refractivity contribution < 1.29 is 0 Å². The average molecular weight is 226 g/mol. The topological polar surface area (TPSA) is 38.9 Å².